The molecule has 0 aromatic heterocycles. The van der Waals surface area contributed by atoms with E-state index in [1.54, 1.807) is 7.11 Å². The van der Waals surface area contributed by atoms with E-state index in [1.165, 1.54) is 5.56 Å². The molecule has 4 heteroatoms. The molecule has 2 rings (SSSR count). The van der Waals surface area contributed by atoms with Crippen molar-refractivity contribution in [1.29, 1.82) is 0 Å². The molecular weight excluding hydrogens is 326 g/mol. The van der Waals surface area contributed by atoms with Crippen LogP contribution >= 0.6 is 0 Å². The Kier molecular flexibility index (Phi) is 7.07. The highest BCUT2D eigenvalue weighted by atomic mass is 16.5. The van der Waals surface area contributed by atoms with Gasteiger partial charge in [-0.15, -0.1) is 0 Å². The number of hydrogen-bond donors (Lipinski definition) is 1. The Balaban J connectivity index is 2.06. The number of amides is 1. The van der Waals surface area contributed by atoms with Gasteiger partial charge in [0.05, 0.1) is 13.2 Å². The average molecular weight is 355 g/mol. The van der Waals surface area contributed by atoms with Gasteiger partial charge >= 0.3 is 0 Å². The minimum atomic E-state index is -0.510. The van der Waals surface area contributed by atoms with Gasteiger partial charge < -0.3 is 14.8 Å². The quantitative estimate of drug-likeness (QED) is 0.744. The monoisotopic (exact) mass is 355 g/mol. The number of rotatable bonds is 8. The van der Waals surface area contributed by atoms with Crippen LogP contribution in [0, 0.1) is 13.8 Å². The predicted octanol–water partition coefficient (Wildman–Crippen LogP) is 4.74. The molecule has 1 N–H and O–H groups in total. The summed E-state index contributed by atoms with van der Waals surface area (Å²) < 4.78 is 11.1. The molecule has 0 aliphatic carbocycles. The fourth-order valence-electron chi connectivity index (χ4n) is 2.80. The minimum Gasteiger partial charge on any atom is -0.497 e. The Bertz CT molecular complexity index is 725. The molecule has 2 atom stereocenters. The molecule has 1 amide bonds. The average Bonchev–Trinajstić information content (AvgIpc) is 2.66. The van der Waals surface area contributed by atoms with Crippen LogP contribution in [0.25, 0.3) is 0 Å². The third kappa shape index (κ3) is 5.01. The van der Waals surface area contributed by atoms with E-state index >= 15 is 0 Å². The molecule has 0 aliphatic rings. The Labute approximate surface area is 156 Å². The number of methoxy groups -OCH3 is 1. The van der Waals surface area contributed by atoms with Gasteiger partial charge in [0.1, 0.15) is 11.5 Å². The van der Waals surface area contributed by atoms with Crippen LogP contribution in [0.3, 0.4) is 0 Å². The second-order valence-corrected chi connectivity index (χ2v) is 6.50. The molecule has 0 heterocycles. The van der Waals surface area contributed by atoms with Crippen LogP contribution in [0.15, 0.2) is 42.5 Å². The number of carbonyl (C=O) groups is 1. The van der Waals surface area contributed by atoms with E-state index < -0.39 is 6.10 Å². The van der Waals surface area contributed by atoms with Gasteiger partial charge in [-0.05, 0) is 67.6 Å². The zero-order valence-corrected chi connectivity index (χ0v) is 16.3. The number of nitrogens with one attached hydrogen (secondary N) is 1. The molecule has 0 fully saturated rings. The minimum absolute atomic E-state index is 0.0502. The fourth-order valence-corrected chi connectivity index (χ4v) is 2.80. The molecule has 2 aromatic carbocycles. The summed E-state index contributed by atoms with van der Waals surface area (Å²) in [5.74, 6) is 1.44. The summed E-state index contributed by atoms with van der Waals surface area (Å²) in [6.07, 6.45) is 0.903. The third-order valence-corrected chi connectivity index (χ3v) is 4.66. The van der Waals surface area contributed by atoms with Crippen molar-refractivity contribution < 1.29 is 14.3 Å². The smallest absolute Gasteiger partial charge is 0.261 e. The largest absolute Gasteiger partial charge is 0.497 e. The highest BCUT2D eigenvalue weighted by molar-refractivity contribution is 5.81. The van der Waals surface area contributed by atoms with Crippen LogP contribution in [0.4, 0.5) is 0 Å². The molecule has 140 valence electrons. The van der Waals surface area contributed by atoms with Gasteiger partial charge in [0.15, 0.2) is 6.10 Å². The summed E-state index contributed by atoms with van der Waals surface area (Å²) in [5.41, 5.74) is 3.42. The van der Waals surface area contributed by atoms with Crippen LogP contribution in [-0.2, 0) is 4.79 Å². The first kappa shape index (κ1) is 19.8. The molecule has 0 unspecified atom stereocenters. The van der Waals surface area contributed by atoms with Crippen molar-refractivity contribution in [1.82, 2.24) is 5.32 Å². The van der Waals surface area contributed by atoms with Gasteiger partial charge in [0.25, 0.3) is 5.91 Å². The maximum absolute atomic E-state index is 12.7. The lowest BCUT2D eigenvalue weighted by Gasteiger charge is -2.23. The predicted molar refractivity (Wildman–Crippen MR) is 105 cm³/mol. The molecule has 0 aliphatic heterocycles. The lowest BCUT2D eigenvalue weighted by atomic mass is 10.0. The second kappa shape index (κ2) is 9.27. The number of ether oxygens (including phenoxy) is 2. The van der Waals surface area contributed by atoms with Gasteiger partial charge in [-0.2, -0.15) is 0 Å². The first-order valence-corrected chi connectivity index (χ1v) is 9.16. The van der Waals surface area contributed by atoms with E-state index in [-0.39, 0.29) is 11.9 Å². The third-order valence-electron chi connectivity index (χ3n) is 4.66. The number of benzene rings is 2. The molecule has 0 radical (unpaired) electrons. The first-order chi connectivity index (χ1) is 12.5. The van der Waals surface area contributed by atoms with Crippen molar-refractivity contribution in [3.05, 3.63) is 59.2 Å². The molecule has 0 bridgehead atoms. The van der Waals surface area contributed by atoms with Gasteiger partial charge in [-0.1, -0.05) is 32.0 Å². The summed E-state index contributed by atoms with van der Waals surface area (Å²) in [7, 11) is 1.64. The van der Waals surface area contributed by atoms with Crippen LogP contribution in [0.2, 0.25) is 0 Å². The second-order valence-electron chi connectivity index (χ2n) is 6.50. The Morgan fingerprint density at radius 1 is 0.962 bits per heavy atom. The van der Waals surface area contributed by atoms with E-state index in [0.29, 0.717) is 6.42 Å². The molecule has 0 spiro atoms. The molecule has 4 nitrogen and oxygen atoms in total. The lowest BCUT2D eigenvalue weighted by Crippen LogP contribution is -2.39. The van der Waals surface area contributed by atoms with E-state index in [1.807, 2.05) is 56.3 Å². The van der Waals surface area contributed by atoms with Gasteiger partial charge in [0.2, 0.25) is 0 Å². The standard InChI is InChI=1S/C22H29NO3/c1-6-20(17-9-12-18(25-5)13-10-17)23-22(24)21(7-2)26-19-11-8-15(3)16(4)14-19/h8-14,20-21H,6-7H2,1-5H3,(H,23,24)/t20-,21+/m1/s1. The van der Waals surface area contributed by atoms with Crippen LogP contribution in [-0.4, -0.2) is 19.1 Å². The summed E-state index contributed by atoms with van der Waals surface area (Å²) in [4.78, 5) is 12.7. The van der Waals surface area contributed by atoms with Crippen LogP contribution < -0.4 is 14.8 Å². The SMILES string of the molecule is CC[C@H](Oc1ccc(C)c(C)c1)C(=O)N[C@H](CC)c1ccc(OC)cc1. The van der Waals surface area contributed by atoms with E-state index in [2.05, 4.69) is 19.2 Å². The molecule has 0 saturated heterocycles. The van der Waals surface area contributed by atoms with Crippen LogP contribution in [0.1, 0.15) is 49.4 Å². The van der Waals surface area contributed by atoms with Gasteiger partial charge in [-0.3, -0.25) is 4.79 Å². The van der Waals surface area contributed by atoms with E-state index in [4.69, 9.17) is 9.47 Å². The highest BCUT2D eigenvalue weighted by Crippen LogP contribution is 2.22. The van der Waals surface area contributed by atoms with E-state index in [0.717, 1.165) is 29.0 Å². The summed E-state index contributed by atoms with van der Waals surface area (Å²) in [5, 5.41) is 3.11. The fraction of sp³-hybridized carbons (Fsp3) is 0.409. The van der Waals surface area contributed by atoms with Crippen LogP contribution in [0.5, 0.6) is 11.5 Å². The Morgan fingerprint density at radius 2 is 1.62 bits per heavy atom. The number of aryl methyl sites for hydroxylation is 2. The summed E-state index contributed by atoms with van der Waals surface area (Å²) in [6.45, 7) is 8.11. The zero-order valence-electron chi connectivity index (χ0n) is 16.3. The molecule has 2 aromatic rings. The van der Waals surface area contributed by atoms with Crippen molar-refractivity contribution in [2.75, 3.05) is 7.11 Å². The molecule has 26 heavy (non-hydrogen) atoms. The normalized spacial score (nSPS) is 13.0. The maximum Gasteiger partial charge on any atom is 0.261 e. The maximum atomic E-state index is 12.7. The van der Waals surface area contributed by atoms with Crippen molar-refractivity contribution in [3.8, 4) is 11.5 Å². The van der Waals surface area contributed by atoms with Crippen molar-refractivity contribution in [2.24, 2.45) is 0 Å². The van der Waals surface area contributed by atoms with Crippen molar-refractivity contribution in [3.63, 3.8) is 0 Å². The number of hydrogen-bond acceptors (Lipinski definition) is 3. The van der Waals surface area contributed by atoms with Crippen molar-refractivity contribution in [2.45, 2.75) is 52.7 Å². The van der Waals surface area contributed by atoms with E-state index in [9.17, 15) is 4.79 Å². The number of carbonyl (C=O) groups excluding carboxylic acids is 1. The first-order valence-electron chi connectivity index (χ1n) is 9.16. The Morgan fingerprint density at radius 3 is 2.15 bits per heavy atom. The topological polar surface area (TPSA) is 47.6 Å². The Hall–Kier alpha value is -2.49. The molecular formula is C22H29NO3. The zero-order chi connectivity index (χ0) is 19.1. The summed E-state index contributed by atoms with van der Waals surface area (Å²) in [6, 6.07) is 13.6. The van der Waals surface area contributed by atoms with Gasteiger partial charge in [-0.25, -0.2) is 0 Å². The summed E-state index contributed by atoms with van der Waals surface area (Å²) >= 11 is 0. The lowest BCUT2D eigenvalue weighted by molar-refractivity contribution is -0.128. The van der Waals surface area contributed by atoms with Crippen molar-refractivity contribution >= 4 is 5.91 Å². The highest BCUT2D eigenvalue weighted by Gasteiger charge is 2.22. The molecule has 0 saturated carbocycles. The van der Waals surface area contributed by atoms with Gasteiger partial charge in [0, 0.05) is 0 Å².